The molecule has 0 saturated carbocycles. The van der Waals surface area contributed by atoms with E-state index >= 15 is 0 Å². The van der Waals surface area contributed by atoms with Gasteiger partial charge in [-0.25, -0.2) is 14.8 Å². The molecule has 0 spiro atoms. The molecule has 1 aromatic carbocycles. The van der Waals surface area contributed by atoms with Gasteiger partial charge in [-0.3, -0.25) is 4.79 Å². The molecule has 0 radical (unpaired) electrons. The van der Waals surface area contributed by atoms with Gasteiger partial charge in [0.1, 0.15) is 0 Å². The Morgan fingerprint density at radius 3 is 2.48 bits per heavy atom. The summed E-state index contributed by atoms with van der Waals surface area (Å²) in [4.78, 5) is 32.7. The highest BCUT2D eigenvalue weighted by molar-refractivity contribution is 6.32. The molecule has 0 saturated heterocycles. The predicted octanol–water partition coefficient (Wildman–Crippen LogP) is 3.87. The number of aromatic carboxylic acids is 1. The van der Waals surface area contributed by atoms with Crippen molar-refractivity contribution >= 4 is 34.5 Å². The zero-order chi connectivity index (χ0) is 19.7. The number of fused-ring (bicyclic) bond motifs is 1. The van der Waals surface area contributed by atoms with E-state index in [1.807, 2.05) is 19.9 Å². The number of pyridine rings is 2. The number of carbonyl (C=O) groups excluding carboxylic acids is 1. The highest BCUT2D eigenvalue weighted by atomic mass is 35.5. The molecule has 0 atom stereocenters. The Hall–Kier alpha value is -2.99. The van der Waals surface area contributed by atoms with Gasteiger partial charge in [-0.1, -0.05) is 31.5 Å². The first kappa shape index (κ1) is 18.8. The lowest BCUT2D eigenvalue weighted by Gasteiger charge is -2.19. The Bertz CT molecular complexity index is 1080. The first-order valence-corrected chi connectivity index (χ1v) is 8.90. The van der Waals surface area contributed by atoms with Crippen LogP contribution in [0.4, 0.5) is 0 Å². The van der Waals surface area contributed by atoms with Crippen molar-refractivity contribution in [3.05, 3.63) is 57.9 Å². The summed E-state index contributed by atoms with van der Waals surface area (Å²) in [5.41, 5.74) is 8.11. The third-order valence-electron chi connectivity index (χ3n) is 4.54. The molecule has 0 fully saturated rings. The minimum atomic E-state index is -1.26. The van der Waals surface area contributed by atoms with Gasteiger partial charge in [0.15, 0.2) is 11.3 Å². The van der Waals surface area contributed by atoms with Crippen molar-refractivity contribution in [2.45, 2.75) is 26.7 Å². The molecule has 2 aromatic heterocycles. The number of nitrogens with zero attached hydrogens (tertiary/aromatic N) is 2. The summed E-state index contributed by atoms with van der Waals surface area (Å²) in [5, 5.41) is 10.7. The second-order valence-corrected chi connectivity index (χ2v) is 6.43. The van der Waals surface area contributed by atoms with Gasteiger partial charge < -0.3 is 10.8 Å². The number of benzene rings is 1. The predicted molar refractivity (Wildman–Crippen MR) is 104 cm³/mol. The zero-order valence-electron chi connectivity index (χ0n) is 14.9. The van der Waals surface area contributed by atoms with Crippen LogP contribution in [0.25, 0.3) is 22.2 Å². The minimum absolute atomic E-state index is 0.0946. The van der Waals surface area contributed by atoms with E-state index in [1.165, 1.54) is 6.20 Å². The summed E-state index contributed by atoms with van der Waals surface area (Å²) in [6.45, 7) is 3.87. The van der Waals surface area contributed by atoms with Crippen molar-refractivity contribution in [1.29, 1.82) is 0 Å². The molecule has 3 rings (SSSR count). The van der Waals surface area contributed by atoms with E-state index in [0.717, 1.165) is 11.1 Å². The molecule has 138 valence electrons. The number of hydrogen-bond acceptors (Lipinski definition) is 4. The third-order valence-corrected chi connectivity index (χ3v) is 4.89. The fraction of sp³-hybridized carbons (Fsp3) is 0.200. The van der Waals surface area contributed by atoms with Gasteiger partial charge in [0.2, 0.25) is 5.91 Å². The maximum Gasteiger partial charge on any atom is 0.355 e. The Labute approximate surface area is 161 Å². The normalized spacial score (nSPS) is 10.9. The Morgan fingerprint density at radius 1 is 1.15 bits per heavy atom. The molecule has 3 N–H and O–H groups in total. The molecule has 0 aliphatic rings. The van der Waals surface area contributed by atoms with Crippen LogP contribution >= 0.6 is 11.6 Å². The molecule has 0 aliphatic heterocycles. The van der Waals surface area contributed by atoms with Crippen molar-refractivity contribution in [3.8, 4) is 11.1 Å². The van der Waals surface area contributed by atoms with Crippen molar-refractivity contribution in [2.24, 2.45) is 5.73 Å². The molecule has 0 aliphatic carbocycles. The average molecular weight is 384 g/mol. The van der Waals surface area contributed by atoms with E-state index < -0.39 is 11.9 Å². The Kier molecular flexibility index (Phi) is 5.10. The number of aromatic nitrogens is 2. The van der Waals surface area contributed by atoms with Gasteiger partial charge in [-0.2, -0.15) is 0 Å². The first-order chi connectivity index (χ1) is 12.9. The van der Waals surface area contributed by atoms with Gasteiger partial charge >= 0.3 is 5.97 Å². The van der Waals surface area contributed by atoms with Crippen LogP contribution in [-0.4, -0.2) is 27.0 Å². The lowest BCUT2D eigenvalue weighted by molar-refractivity contribution is 0.0692. The number of primary amides is 1. The van der Waals surface area contributed by atoms with E-state index in [2.05, 4.69) is 9.97 Å². The molecule has 3 aromatic rings. The summed E-state index contributed by atoms with van der Waals surface area (Å²) < 4.78 is 0. The summed E-state index contributed by atoms with van der Waals surface area (Å²) in [5.74, 6) is -2.00. The number of amides is 1. The van der Waals surface area contributed by atoms with Crippen LogP contribution in [0.1, 0.15) is 45.8 Å². The van der Waals surface area contributed by atoms with Crippen molar-refractivity contribution in [3.63, 3.8) is 0 Å². The Morgan fingerprint density at radius 2 is 1.89 bits per heavy atom. The van der Waals surface area contributed by atoms with Crippen LogP contribution in [0.5, 0.6) is 0 Å². The molecule has 2 heterocycles. The fourth-order valence-corrected chi connectivity index (χ4v) is 3.66. The van der Waals surface area contributed by atoms with Crippen LogP contribution in [0.3, 0.4) is 0 Å². The molecule has 6 nitrogen and oxygen atoms in total. The van der Waals surface area contributed by atoms with Crippen LogP contribution in [0.2, 0.25) is 5.02 Å². The molecule has 0 bridgehead atoms. The number of carbonyl (C=O) groups is 2. The van der Waals surface area contributed by atoms with Gasteiger partial charge in [0.25, 0.3) is 0 Å². The molecule has 0 unspecified atom stereocenters. The maximum absolute atomic E-state index is 12.4. The fourth-order valence-electron chi connectivity index (χ4n) is 3.37. The standard InChI is InChI=1S/C20H18ClN3O3/c1-3-10-7-8-13(21)11(4-2)14(10)16-15(18(22)25)12-6-5-9-23-19(12)24-17(16)20(26)27/h5-9H,3-4H2,1-2H3,(H2,22,25)(H,26,27). The number of aryl methyl sites for hydroxylation is 1. The van der Waals surface area contributed by atoms with Crippen LogP contribution in [-0.2, 0) is 12.8 Å². The molecular formula is C20H18ClN3O3. The molecule has 1 amide bonds. The Balaban J connectivity index is 2.61. The van der Waals surface area contributed by atoms with Crippen molar-refractivity contribution in [2.75, 3.05) is 0 Å². The number of carboxylic acid groups (broad SMARTS) is 1. The summed E-state index contributed by atoms with van der Waals surface area (Å²) in [6, 6.07) is 6.93. The van der Waals surface area contributed by atoms with Crippen LogP contribution < -0.4 is 5.73 Å². The van der Waals surface area contributed by atoms with Crippen molar-refractivity contribution < 1.29 is 14.7 Å². The van der Waals surface area contributed by atoms with Gasteiger partial charge in [0, 0.05) is 22.2 Å². The first-order valence-electron chi connectivity index (χ1n) is 8.53. The second kappa shape index (κ2) is 7.32. The monoisotopic (exact) mass is 383 g/mol. The quantitative estimate of drug-likeness (QED) is 0.695. The van der Waals surface area contributed by atoms with E-state index in [1.54, 1.807) is 18.2 Å². The lowest BCUT2D eigenvalue weighted by atomic mass is 9.86. The lowest BCUT2D eigenvalue weighted by Crippen LogP contribution is -2.18. The van der Waals surface area contributed by atoms with Gasteiger partial charge in [0.05, 0.1) is 5.56 Å². The minimum Gasteiger partial charge on any atom is -0.476 e. The SMILES string of the molecule is CCc1ccc(Cl)c(CC)c1-c1c(C(=O)O)nc2ncccc2c1C(N)=O. The number of carboxylic acids is 1. The number of halogens is 1. The van der Waals surface area contributed by atoms with Crippen LogP contribution in [0, 0.1) is 0 Å². The topological polar surface area (TPSA) is 106 Å². The molecule has 27 heavy (non-hydrogen) atoms. The highest BCUT2D eigenvalue weighted by Gasteiger charge is 2.27. The maximum atomic E-state index is 12.4. The average Bonchev–Trinajstić information content (AvgIpc) is 2.65. The summed E-state index contributed by atoms with van der Waals surface area (Å²) >= 11 is 6.39. The van der Waals surface area contributed by atoms with Crippen LogP contribution in [0.15, 0.2) is 30.5 Å². The molecule has 7 heteroatoms. The number of hydrogen-bond donors (Lipinski definition) is 2. The van der Waals surface area contributed by atoms with Gasteiger partial charge in [-0.05, 0) is 47.7 Å². The highest BCUT2D eigenvalue weighted by Crippen LogP contribution is 2.39. The van der Waals surface area contributed by atoms with E-state index in [0.29, 0.717) is 28.8 Å². The number of rotatable bonds is 5. The summed E-state index contributed by atoms with van der Waals surface area (Å²) in [6.07, 6.45) is 2.67. The van der Waals surface area contributed by atoms with E-state index in [-0.39, 0.29) is 22.5 Å². The molecular weight excluding hydrogens is 366 g/mol. The van der Waals surface area contributed by atoms with Crippen molar-refractivity contribution in [1.82, 2.24) is 9.97 Å². The smallest absolute Gasteiger partial charge is 0.355 e. The third kappa shape index (κ3) is 3.13. The van der Waals surface area contributed by atoms with E-state index in [9.17, 15) is 14.7 Å². The zero-order valence-corrected chi connectivity index (χ0v) is 15.7. The summed E-state index contributed by atoms with van der Waals surface area (Å²) in [7, 11) is 0. The van der Waals surface area contributed by atoms with Gasteiger partial charge in [-0.15, -0.1) is 0 Å². The second-order valence-electron chi connectivity index (χ2n) is 6.02. The number of nitrogens with two attached hydrogens (primary N) is 1. The largest absolute Gasteiger partial charge is 0.476 e. The van der Waals surface area contributed by atoms with E-state index in [4.69, 9.17) is 17.3 Å².